The highest BCUT2D eigenvalue weighted by Gasteiger charge is 2.27. The molecule has 1 aliphatic rings. The molecule has 5 nitrogen and oxygen atoms in total. The zero-order chi connectivity index (χ0) is 15.1. The van der Waals surface area contributed by atoms with Crippen molar-refractivity contribution in [3.05, 3.63) is 36.2 Å². The van der Waals surface area contributed by atoms with Gasteiger partial charge in [-0.2, -0.15) is 0 Å². The Bertz CT molecular complexity index is 824. The lowest BCUT2D eigenvalue weighted by molar-refractivity contribution is 0.397. The number of H-pyrrole nitrogens is 1. The number of methoxy groups -OCH3 is 2. The Hall–Kier alpha value is -2.56. The maximum absolute atomic E-state index is 5.52. The van der Waals surface area contributed by atoms with Crippen molar-refractivity contribution in [2.24, 2.45) is 0 Å². The van der Waals surface area contributed by atoms with Crippen LogP contribution in [0.5, 0.6) is 11.5 Å². The van der Waals surface area contributed by atoms with Crippen LogP contribution >= 0.6 is 0 Å². The Labute approximate surface area is 128 Å². The van der Waals surface area contributed by atoms with Gasteiger partial charge in [0.15, 0.2) is 5.82 Å². The molecule has 112 valence electrons. The predicted molar refractivity (Wildman–Crippen MR) is 84.4 cm³/mol. The molecule has 1 N–H and O–H groups in total. The number of imidazole rings is 1. The van der Waals surface area contributed by atoms with Crippen molar-refractivity contribution in [2.75, 3.05) is 14.2 Å². The Balaban J connectivity index is 2.02. The van der Waals surface area contributed by atoms with E-state index in [2.05, 4.69) is 16.0 Å². The third-order valence-electron chi connectivity index (χ3n) is 4.10. The molecule has 1 fully saturated rings. The van der Waals surface area contributed by atoms with Gasteiger partial charge >= 0.3 is 0 Å². The van der Waals surface area contributed by atoms with Gasteiger partial charge in [-0.25, -0.2) is 9.97 Å². The van der Waals surface area contributed by atoms with E-state index in [0.29, 0.717) is 5.92 Å². The minimum Gasteiger partial charge on any atom is -0.497 e. The van der Waals surface area contributed by atoms with Crippen LogP contribution in [-0.4, -0.2) is 29.2 Å². The fraction of sp³-hybridized carbons (Fsp3) is 0.294. The molecule has 0 bridgehead atoms. The van der Waals surface area contributed by atoms with Gasteiger partial charge < -0.3 is 14.5 Å². The van der Waals surface area contributed by atoms with Gasteiger partial charge in [-0.15, -0.1) is 0 Å². The van der Waals surface area contributed by atoms with Gasteiger partial charge in [-0.1, -0.05) is 0 Å². The molecule has 0 aliphatic heterocycles. The van der Waals surface area contributed by atoms with Crippen molar-refractivity contribution in [1.29, 1.82) is 0 Å². The average molecular weight is 295 g/mol. The Morgan fingerprint density at radius 1 is 1.14 bits per heavy atom. The zero-order valence-corrected chi connectivity index (χ0v) is 12.6. The van der Waals surface area contributed by atoms with Crippen molar-refractivity contribution >= 4 is 10.9 Å². The van der Waals surface area contributed by atoms with Crippen LogP contribution in [0.15, 0.2) is 30.6 Å². The lowest BCUT2D eigenvalue weighted by atomic mass is 10.0. The van der Waals surface area contributed by atoms with Crippen molar-refractivity contribution < 1.29 is 9.47 Å². The first-order valence-corrected chi connectivity index (χ1v) is 7.36. The Morgan fingerprint density at radius 3 is 2.64 bits per heavy atom. The number of benzene rings is 1. The van der Waals surface area contributed by atoms with Gasteiger partial charge in [0.2, 0.25) is 0 Å². The number of fused-ring (bicyclic) bond motifs is 1. The van der Waals surface area contributed by atoms with Gasteiger partial charge in [0.1, 0.15) is 22.7 Å². The smallest absolute Gasteiger partial charge is 0.156 e. The second kappa shape index (κ2) is 5.02. The molecule has 0 unspecified atom stereocenters. The molecule has 22 heavy (non-hydrogen) atoms. The van der Waals surface area contributed by atoms with E-state index >= 15 is 0 Å². The SMILES string of the molecule is COc1cc(OC)c2nc(-c3ncc[nH]3)cc(C3CC3)c2c1. The van der Waals surface area contributed by atoms with Crippen molar-refractivity contribution in [2.45, 2.75) is 18.8 Å². The monoisotopic (exact) mass is 295 g/mol. The quantitative estimate of drug-likeness (QED) is 0.800. The van der Waals surface area contributed by atoms with E-state index in [1.165, 1.54) is 18.4 Å². The van der Waals surface area contributed by atoms with Crippen LogP contribution in [0.2, 0.25) is 0 Å². The molecule has 0 atom stereocenters. The van der Waals surface area contributed by atoms with Crippen LogP contribution in [0.4, 0.5) is 0 Å². The van der Waals surface area contributed by atoms with Crippen molar-refractivity contribution in [3.8, 4) is 23.0 Å². The molecular formula is C17H17N3O2. The summed E-state index contributed by atoms with van der Waals surface area (Å²) >= 11 is 0. The summed E-state index contributed by atoms with van der Waals surface area (Å²) in [6, 6.07) is 6.06. The number of aromatic amines is 1. The summed E-state index contributed by atoms with van der Waals surface area (Å²) < 4.78 is 10.9. The molecule has 0 saturated heterocycles. The minimum absolute atomic E-state index is 0.594. The van der Waals surface area contributed by atoms with Crippen molar-refractivity contribution in [3.63, 3.8) is 0 Å². The van der Waals surface area contributed by atoms with Crippen LogP contribution in [0.25, 0.3) is 22.4 Å². The predicted octanol–water partition coefficient (Wildman–Crippen LogP) is 3.52. The van der Waals surface area contributed by atoms with Gasteiger partial charge in [0, 0.05) is 23.8 Å². The fourth-order valence-corrected chi connectivity index (χ4v) is 2.83. The first-order valence-electron chi connectivity index (χ1n) is 7.36. The van der Waals surface area contributed by atoms with Gasteiger partial charge in [0.05, 0.1) is 14.2 Å². The maximum atomic E-state index is 5.52. The third kappa shape index (κ3) is 2.09. The van der Waals surface area contributed by atoms with Crippen LogP contribution < -0.4 is 9.47 Å². The second-order valence-corrected chi connectivity index (χ2v) is 5.53. The normalized spacial score (nSPS) is 14.3. The summed E-state index contributed by atoms with van der Waals surface area (Å²) in [5.74, 6) is 2.89. The molecule has 1 saturated carbocycles. The van der Waals surface area contributed by atoms with E-state index in [1.807, 2.05) is 18.3 Å². The molecule has 1 aliphatic carbocycles. The lowest BCUT2D eigenvalue weighted by Gasteiger charge is -2.13. The minimum atomic E-state index is 0.594. The molecule has 2 heterocycles. The third-order valence-corrected chi connectivity index (χ3v) is 4.10. The summed E-state index contributed by atoms with van der Waals surface area (Å²) in [4.78, 5) is 12.2. The first-order chi connectivity index (χ1) is 10.8. The standard InChI is InChI=1S/C17H17N3O2/c1-21-11-7-13-12(10-3-4-10)9-14(17-18-5-6-19-17)20-16(13)15(8-11)22-2/h5-10H,3-4H2,1-2H3,(H,18,19). The highest BCUT2D eigenvalue weighted by atomic mass is 16.5. The first kappa shape index (κ1) is 13.1. The Morgan fingerprint density at radius 2 is 2.00 bits per heavy atom. The average Bonchev–Trinajstić information content (AvgIpc) is 3.26. The van der Waals surface area contributed by atoms with Gasteiger partial charge in [0.25, 0.3) is 0 Å². The molecule has 0 spiro atoms. The van der Waals surface area contributed by atoms with E-state index < -0.39 is 0 Å². The van der Waals surface area contributed by atoms with Crippen LogP contribution in [0, 0.1) is 0 Å². The maximum Gasteiger partial charge on any atom is 0.156 e. The van der Waals surface area contributed by atoms with E-state index in [0.717, 1.165) is 33.9 Å². The molecule has 0 radical (unpaired) electrons. The molecule has 3 aromatic rings. The molecular weight excluding hydrogens is 278 g/mol. The number of pyridine rings is 1. The molecule has 5 heteroatoms. The number of nitrogens with one attached hydrogen (secondary N) is 1. The summed E-state index contributed by atoms with van der Waals surface area (Å²) in [5.41, 5.74) is 3.01. The highest BCUT2D eigenvalue weighted by molar-refractivity contribution is 5.91. The van der Waals surface area contributed by atoms with E-state index in [4.69, 9.17) is 14.5 Å². The van der Waals surface area contributed by atoms with Crippen LogP contribution in [0.1, 0.15) is 24.3 Å². The number of ether oxygens (including phenoxy) is 2. The van der Waals surface area contributed by atoms with E-state index in [-0.39, 0.29) is 0 Å². The van der Waals surface area contributed by atoms with E-state index in [1.54, 1.807) is 20.4 Å². The summed E-state index contributed by atoms with van der Waals surface area (Å²) in [6.07, 6.45) is 5.99. The van der Waals surface area contributed by atoms with Gasteiger partial charge in [-0.3, -0.25) is 0 Å². The molecule has 0 amide bonds. The van der Waals surface area contributed by atoms with E-state index in [9.17, 15) is 0 Å². The highest BCUT2D eigenvalue weighted by Crippen LogP contribution is 2.45. The number of aromatic nitrogens is 3. The Kier molecular flexibility index (Phi) is 2.99. The topological polar surface area (TPSA) is 60.0 Å². The fourth-order valence-electron chi connectivity index (χ4n) is 2.83. The van der Waals surface area contributed by atoms with Gasteiger partial charge in [-0.05, 0) is 36.5 Å². The largest absolute Gasteiger partial charge is 0.497 e. The lowest BCUT2D eigenvalue weighted by Crippen LogP contribution is -1.96. The summed E-state index contributed by atoms with van der Waals surface area (Å²) in [5, 5.41) is 1.11. The van der Waals surface area contributed by atoms with Crippen LogP contribution in [0.3, 0.4) is 0 Å². The van der Waals surface area contributed by atoms with Crippen molar-refractivity contribution in [1.82, 2.24) is 15.0 Å². The number of hydrogen-bond donors (Lipinski definition) is 1. The summed E-state index contributed by atoms with van der Waals surface area (Å²) in [7, 11) is 3.33. The summed E-state index contributed by atoms with van der Waals surface area (Å²) in [6.45, 7) is 0. The number of nitrogens with zero attached hydrogens (tertiary/aromatic N) is 2. The molecule has 4 rings (SSSR count). The second-order valence-electron chi connectivity index (χ2n) is 5.53. The number of rotatable bonds is 4. The molecule has 1 aromatic carbocycles. The zero-order valence-electron chi connectivity index (χ0n) is 12.6. The number of hydrogen-bond acceptors (Lipinski definition) is 4. The van der Waals surface area contributed by atoms with Crippen LogP contribution in [-0.2, 0) is 0 Å². The molecule has 2 aromatic heterocycles.